The van der Waals surface area contributed by atoms with Crippen LogP contribution in [0.15, 0.2) is 42.6 Å². The number of para-hydroxylation sites is 2. The van der Waals surface area contributed by atoms with Gasteiger partial charge >= 0.3 is 0 Å². The molecule has 0 aliphatic carbocycles. The molecule has 2 nitrogen and oxygen atoms in total. The Hall–Kier alpha value is -1.27. The lowest BCUT2D eigenvalue weighted by Crippen LogP contribution is -2.33. The highest BCUT2D eigenvalue weighted by molar-refractivity contribution is 7.68. The number of hydrogen-bond acceptors (Lipinski definition) is 1. The predicted molar refractivity (Wildman–Crippen MR) is 98.4 cm³/mol. The van der Waals surface area contributed by atoms with Gasteiger partial charge in [0.2, 0.25) is 0 Å². The lowest BCUT2D eigenvalue weighted by Gasteiger charge is -2.41. The van der Waals surface area contributed by atoms with E-state index < -0.39 is 0 Å². The number of methoxy groups -OCH3 is 1. The van der Waals surface area contributed by atoms with Gasteiger partial charge in [-0.25, -0.2) is 0 Å². The van der Waals surface area contributed by atoms with Gasteiger partial charge in [-0.3, -0.25) is 0 Å². The molecule has 0 fully saturated rings. The summed E-state index contributed by atoms with van der Waals surface area (Å²) in [5.41, 5.74) is 2.52. The monoisotopic (exact) mass is 317 g/mol. The molecule has 0 amide bonds. The van der Waals surface area contributed by atoms with Gasteiger partial charge in [0, 0.05) is 11.6 Å². The van der Waals surface area contributed by atoms with Crippen molar-refractivity contribution in [3.8, 4) is 11.4 Å². The van der Waals surface area contributed by atoms with Crippen LogP contribution in [0.4, 0.5) is 0 Å². The molecule has 0 atom stereocenters. The summed E-state index contributed by atoms with van der Waals surface area (Å²) in [7, 11) is 1.38. The number of hydrogen-bond donors (Lipinski definition) is 0. The Labute approximate surface area is 136 Å². The van der Waals surface area contributed by atoms with Gasteiger partial charge < -0.3 is 9.30 Å². The van der Waals surface area contributed by atoms with Crippen molar-refractivity contribution < 1.29 is 4.74 Å². The summed E-state index contributed by atoms with van der Waals surface area (Å²) in [6.07, 6.45) is 2.15. The minimum Gasteiger partial charge on any atom is -0.495 e. The van der Waals surface area contributed by atoms with Crippen LogP contribution in [-0.4, -0.2) is 22.0 Å². The molecule has 2 rings (SSSR count). The SMILES string of the molecule is COc1ccccc1-n1cccc1P(C(C)(C)C)C(C)(C)C. The van der Waals surface area contributed by atoms with Crippen molar-refractivity contribution in [2.75, 3.05) is 7.11 Å². The average molecular weight is 317 g/mol. The van der Waals surface area contributed by atoms with Crippen molar-refractivity contribution >= 4 is 13.4 Å². The third-order valence-corrected chi connectivity index (χ3v) is 7.15. The summed E-state index contributed by atoms with van der Waals surface area (Å²) in [5, 5.41) is 0.484. The number of rotatable bonds is 3. The minimum absolute atomic E-state index is 0.242. The summed E-state index contributed by atoms with van der Waals surface area (Å²) in [6, 6.07) is 12.7. The van der Waals surface area contributed by atoms with E-state index in [1.807, 2.05) is 12.1 Å². The maximum Gasteiger partial charge on any atom is 0.142 e. The summed E-state index contributed by atoms with van der Waals surface area (Å²) in [6.45, 7) is 14.1. The van der Waals surface area contributed by atoms with Crippen molar-refractivity contribution in [2.24, 2.45) is 0 Å². The second kappa shape index (κ2) is 6.08. The van der Waals surface area contributed by atoms with Crippen LogP contribution in [-0.2, 0) is 0 Å². The fourth-order valence-corrected chi connectivity index (χ4v) is 7.29. The quantitative estimate of drug-likeness (QED) is 0.711. The summed E-state index contributed by atoms with van der Waals surface area (Å²) >= 11 is 0. The van der Waals surface area contributed by atoms with E-state index in [2.05, 4.69) is 76.6 Å². The predicted octanol–water partition coefficient (Wildman–Crippen LogP) is 5.19. The molecule has 0 radical (unpaired) electrons. The first-order valence-electron chi connectivity index (χ1n) is 7.77. The molecule has 1 aromatic carbocycles. The van der Waals surface area contributed by atoms with Crippen LogP contribution >= 0.6 is 7.92 Å². The Morgan fingerprint density at radius 3 is 2.00 bits per heavy atom. The van der Waals surface area contributed by atoms with E-state index in [0.29, 0.717) is 0 Å². The van der Waals surface area contributed by atoms with Gasteiger partial charge in [-0.1, -0.05) is 53.7 Å². The molecule has 1 aromatic heterocycles. The second-order valence-corrected chi connectivity index (χ2v) is 11.4. The first kappa shape index (κ1) is 17.1. The number of ether oxygens (including phenoxy) is 1. The highest BCUT2D eigenvalue weighted by atomic mass is 31.1. The van der Waals surface area contributed by atoms with E-state index in [0.717, 1.165) is 11.4 Å². The molecule has 0 bridgehead atoms. The first-order valence-corrected chi connectivity index (χ1v) is 9.11. The molecule has 0 saturated heterocycles. The van der Waals surface area contributed by atoms with E-state index in [9.17, 15) is 0 Å². The van der Waals surface area contributed by atoms with Crippen molar-refractivity contribution in [3.05, 3.63) is 42.6 Å². The third kappa shape index (κ3) is 3.38. The van der Waals surface area contributed by atoms with Crippen molar-refractivity contribution in [1.82, 2.24) is 4.57 Å². The Morgan fingerprint density at radius 1 is 0.864 bits per heavy atom. The van der Waals surface area contributed by atoms with Gasteiger partial charge in [0.25, 0.3) is 0 Å². The van der Waals surface area contributed by atoms with Crippen molar-refractivity contribution in [1.29, 1.82) is 0 Å². The van der Waals surface area contributed by atoms with Crippen LogP contribution in [0.3, 0.4) is 0 Å². The van der Waals surface area contributed by atoms with Crippen molar-refractivity contribution in [3.63, 3.8) is 0 Å². The molecule has 3 heteroatoms. The smallest absolute Gasteiger partial charge is 0.142 e. The molecule has 0 unspecified atom stereocenters. The van der Waals surface area contributed by atoms with E-state index in [1.165, 1.54) is 5.44 Å². The summed E-state index contributed by atoms with van der Waals surface area (Å²) in [4.78, 5) is 0. The fourth-order valence-electron chi connectivity index (χ4n) is 3.28. The minimum atomic E-state index is -0.355. The maximum absolute atomic E-state index is 5.56. The normalized spacial score (nSPS) is 12.7. The molecule has 0 spiro atoms. The highest BCUT2D eigenvalue weighted by Crippen LogP contribution is 2.58. The molecule has 2 aromatic rings. The molecule has 0 aliphatic rings. The van der Waals surface area contributed by atoms with E-state index in [-0.39, 0.29) is 18.2 Å². The van der Waals surface area contributed by atoms with Crippen LogP contribution in [0.5, 0.6) is 5.75 Å². The van der Waals surface area contributed by atoms with Crippen LogP contribution in [0.1, 0.15) is 41.5 Å². The summed E-state index contributed by atoms with van der Waals surface area (Å²) < 4.78 is 7.87. The summed E-state index contributed by atoms with van der Waals surface area (Å²) in [5.74, 6) is 0.915. The standard InChI is InChI=1S/C19H28NOP/c1-18(2,3)22(19(4,5)6)17-13-10-14-20(17)15-11-8-9-12-16(15)21-7/h8-14H,1-7H3. The zero-order valence-electron chi connectivity index (χ0n) is 14.8. The van der Waals surface area contributed by atoms with Crippen LogP contribution in [0.25, 0.3) is 5.69 Å². The van der Waals surface area contributed by atoms with E-state index in [4.69, 9.17) is 4.74 Å². The van der Waals surface area contributed by atoms with Gasteiger partial charge in [0.05, 0.1) is 12.8 Å². The zero-order chi connectivity index (χ0) is 16.5. The van der Waals surface area contributed by atoms with Crippen LogP contribution in [0, 0.1) is 0 Å². The fraction of sp³-hybridized carbons (Fsp3) is 0.474. The first-order chi connectivity index (χ1) is 10.2. The Balaban J connectivity index is 2.62. The molecule has 0 aliphatic heterocycles. The Bertz CT molecular complexity index is 617. The zero-order valence-corrected chi connectivity index (χ0v) is 15.7. The molecule has 1 heterocycles. The Morgan fingerprint density at radius 2 is 1.45 bits per heavy atom. The number of benzene rings is 1. The second-order valence-electron chi connectivity index (χ2n) is 7.59. The lowest BCUT2D eigenvalue weighted by atomic mass is 10.2. The molecule has 0 N–H and O–H groups in total. The van der Waals surface area contributed by atoms with Crippen LogP contribution < -0.4 is 10.2 Å². The molecule has 0 saturated carbocycles. The Kier molecular flexibility index (Phi) is 4.73. The molecular weight excluding hydrogens is 289 g/mol. The highest BCUT2D eigenvalue weighted by Gasteiger charge is 2.37. The number of nitrogens with zero attached hydrogens (tertiary/aromatic N) is 1. The average Bonchev–Trinajstić information content (AvgIpc) is 2.83. The molecule has 22 heavy (non-hydrogen) atoms. The molecular formula is C19H28NOP. The van der Waals surface area contributed by atoms with Gasteiger partial charge in [0.1, 0.15) is 5.75 Å². The van der Waals surface area contributed by atoms with Gasteiger partial charge in [-0.2, -0.15) is 0 Å². The topological polar surface area (TPSA) is 14.2 Å². The van der Waals surface area contributed by atoms with E-state index in [1.54, 1.807) is 7.11 Å². The largest absolute Gasteiger partial charge is 0.495 e. The van der Waals surface area contributed by atoms with Gasteiger partial charge in [-0.05, 0) is 42.5 Å². The third-order valence-electron chi connectivity index (χ3n) is 3.64. The van der Waals surface area contributed by atoms with E-state index >= 15 is 0 Å². The molecule has 120 valence electrons. The van der Waals surface area contributed by atoms with Gasteiger partial charge in [0.15, 0.2) is 0 Å². The van der Waals surface area contributed by atoms with Crippen LogP contribution in [0.2, 0.25) is 0 Å². The number of aromatic nitrogens is 1. The lowest BCUT2D eigenvalue weighted by molar-refractivity contribution is 0.413. The van der Waals surface area contributed by atoms with Gasteiger partial charge in [-0.15, -0.1) is 0 Å². The van der Waals surface area contributed by atoms with Crippen molar-refractivity contribution in [2.45, 2.75) is 51.9 Å². The maximum atomic E-state index is 5.56.